The highest BCUT2D eigenvalue weighted by atomic mass is 32.2. The first-order chi connectivity index (χ1) is 13.1. The van der Waals surface area contributed by atoms with E-state index < -0.39 is 21.9 Å². The quantitative estimate of drug-likeness (QED) is 0.605. The topological polar surface area (TPSA) is 92.8 Å². The number of nitrogens with zero attached hydrogens (tertiary/aromatic N) is 1. The monoisotopic (exact) mass is 420 g/mol. The van der Waals surface area contributed by atoms with Gasteiger partial charge in [-0.25, -0.2) is 4.79 Å². The summed E-state index contributed by atoms with van der Waals surface area (Å²) in [5.41, 5.74) is 2.30. The highest BCUT2D eigenvalue weighted by Gasteiger charge is 2.37. The van der Waals surface area contributed by atoms with E-state index in [1.165, 1.54) is 12.1 Å². The lowest BCUT2D eigenvalue weighted by molar-refractivity contribution is -0.150. The van der Waals surface area contributed by atoms with Gasteiger partial charge in [-0.15, -0.1) is 11.3 Å². The summed E-state index contributed by atoms with van der Waals surface area (Å²) in [5, 5.41) is 4.93. The van der Waals surface area contributed by atoms with Gasteiger partial charge in [-0.05, 0) is 56.0 Å². The minimum Gasteiger partial charge on any atom is -0.462 e. The molecule has 148 valence electrons. The van der Waals surface area contributed by atoms with Gasteiger partial charge in [-0.3, -0.25) is 4.79 Å². The third-order valence-electron chi connectivity index (χ3n) is 4.23. The molecule has 0 bridgehead atoms. The molecule has 3 rings (SSSR count). The van der Waals surface area contributed by atoms with Crippen LogP contribution in [0.5, 0.6) is 0 Å². The SMILES string of the molecule is COC(=O)C(=O)N(c1ccc2c(c1)C(C)=CC(C)(C)N2)S(=O)(=O)c1cccs1. The van der Waals surface area contributed by atoms with Crippen LogP contribution in [0.2, 0.25) is 0 Å². The van der Waals surface area contributed by atoms with Gasteiger partial charge in [0.25, 0.3) is 10.0 Å². The van der Waals surface area contributed by atoms with Gasteiger partial charge in [0.2, 0.25) is 0 Å². The number of methoxy groups -OCH3 is 1. The van der Waals surface area contributed by atoms with Crippen molar-refractivity contribution < 1.29 is 22.7 Å². The molecule has 0 fully saturated rings. The van der Waals surface area contributed by atoms with Gasteiger partial charge in [0.05, 0.1) is 18.3 Å². The average Bonchev–Trinajstić information content (AvgIpc) is 3.16. The standard InChI is InChI=1S/C19H20N2O5S2/c1-12-11-19(2,3)20-15-8-7-13(10-14(12)15)21(17(22)18(23)26-4)28(24,25)16-6-5-9-27-16/h5-11,20H,1-4H3. The van der Waals surface area contributed by atoms with Gasteiger partial charge >= 0.3 is 11.9 Å². The van der Waals surface area contributed by atoms with E-state index in [0.29, 0.717) is 4.31 Å². The fraction of sp³-hybridized carbons (Fsp3) is 0.263. The molecule has 9 heteroatoms. The Balaban J connectivity index is 2.17. The zero-order valence-corrected chi connectivity index (χ0v) is 17.5. The predicted octanol–water partition coefficient (Wildman–Crippen LogP) is 3.25. The summed E-state index contributed by atoms with van der Waals surface area (Å²) < 4.78 is 31.1. The number of rotatable bonds is 3. The number of amides is 1. The Morgan fingerprint density at radius 1 is 1.21 bits per heavy atom. The molecule has 0 radical (unpaired) electrons. The number of nitrogens with one attached hydrogen (secondary N) is 1. The first kappa shape index (κ1) is 20.1. The number of benzene rings is 1. The number of allylic oxidation sites excluding steroid dienone is 1. The van der Waals surface area contributed by atoms with Gasteiger partial charge < -0.3 is 10.1 Å². The number of carbonyl (C=O) groups excluding carboxylic acids is 2. The van der Waals surface area contributed by atoms with E-state index in [1.807, 2.05) is 26.8 Å². The maximum Gasteiger partial charge on any atom is 0.398 e. The number of fused-ring (bicyclic) bond motifs is 1. The van der Waals surface area contributed by atoms with E-state index in [4.69, 9.17) is 0 Å². The van der Waals surface area contributed by atoms with Gasteiger partial charge in [0.1, 0.15) is 4.21 Å². The maximum atomic E-state index is 13.1. The third kappa shape index (κ3) is 3.55. The number of anilines is 2. The molecule has 2 aromatic rings. The molecule has 1 N–H and O–H groups in total. The maximum absolute atomic E-state index is 13.1. The summed E-state index contributed by atoms with van der Waals surface area (Å²) in [5.74, 6) is -2.54. The molecule has 1 aromatic carbocycles. The lowest BCUT2D eigenvalue weighted by atomic mass is 9.91. The minimum absolute atomic E-state index is 0.0472. The van der Waals surface area contributed by atoms with Crippen LogP contribution in [-0.4, -0.2) is 32.9 Å². The Bertz CT molecular complexity index is 1070. The summed E-state index contributed by atoms with van der Waals surface area (Å²) >= 11 is 0.961. The summed E-state index contributed by atoms with van der Waals surface area (Å²) in [6.45, 7) is 5.94. The number of thiophene rings is 1. The van der Waals surface area contributed by atoms with E-state index in [1.54, 1.807) is 23.6 Å². The van der Waals surface area contributed by atoms with Gasteiger partial charge in [0.15, 0.2) is 0 Å². The molecule has 2 heterocycles. The molecule has 1 aromatic heterocycles. The number of sulfonamides is 1. The van der Waals surface area contributed by atoms with Gasteiger partial charge in [-0.2, -0.15) is 12.7 Å². The largest absolute Gasteiger partial charge is 0.462 e. The van der Waals surface area contributed by atoms with Crippen molar-refractivity contribution in [2.45, 2.75) is 30.5 Å². The van der Waals surface area contributed by atoms with Crippen molar-refractivity contribution in [1.82, 2.24) is 0 Å². The molecule has 1 aliphatic rings. The van der Waals surface area contributed by atoms with Crippen molar-refractivity contribution in [3.63, 3.8) is 0 Å². The predicted molar refractivity (Wildman–Crippen MR) is 109 cm³/mol. The Kier molecular flexibility index (Phi) is 5.07. The van der Waals surface area contributed by atoms with E-state index in [9.17, 15) is 18.0 Å². The van der Waals surface area contributed by atoms with Crippen LogP contribution in [0.15, 0.2) is 46.0 Å². The lowest BCUT2D eigenvalue weighted by Gasteiger charge is -2.32. The number of hydrogen-bond acceptors (Lipinski definition) is 7. The Morgan fingerprint density at radius 3 is 2.54 bits per heavy atom. The number of carbonyl (C=O) groups is 2. The fourth-order valence-corrected chi connectivity index (χ4v) is 5.57. The van der Waals surface area contributed by atoms with Crippen LogP contribution >= 0.6 is 11.3 Å². The smallest absolute Gasteiger partial charge is 0.398 e. The van der Waals surface area contributed by atoms with E-state index in [0.717, 1.165) is 35.3 Å². The molecule has 0 atom stereocenters. The summed E-state index contributed by atoms with van der Waals surface area (Å²) in [6.07, 6.45) is 2.01. The average molecular weight is 421 g/mol. The number of hydrogen-bond donors (Lipinski definition) is 1. The van der Waals surface area contributed by atoms with Gasteiger partial charge in [-0.1, -0.05) is 12.1 Å². The van der Waals surface area contributed by atoms with E-state index >= 15 is 0 Å². The van der Waals surface area contributed by atoms with Crippen molar-refractivity contribution >= 4 is 50.2 Å². The Hall–Kier alpha value is -2.65. The van der Waals surface area contributed by atoms with Gasteiger partial charge in [0, 0.05) is 11.3 Å². The Morgan fingerprint density at radius 2 is 1.93 bits per heavy atom. The van der Waals surface area contributed by atoms with Crippen LogP contribution in [0.1, 0.15) is 26.3 Å². The zero-order valence-electron chi connectivity index (χ0n) is 15.8. The molecule has 0 saturated heterocycles. The second kappa shape index (κ2) is 7.06. The van der Waals surface area contributed by atoms with Crippen LogP contribution in [-0.2, 0) is 24.3 Å². The van der Waals surface area contributed by atoms with Crippen LogP contribution in [0.4, 0.5) is 11.4 Å². The van der Waals surface area contributed by atoms with Crippen LogP contribution in [0.3, 0.4) is 0 Å². The molecule has 1 aliphatic heterocycles. The molecule has 0 unspecified atom stereocenters. The van der Waals surface area contributed by atoms with Crippen molar-refractivity contribution in [2.75, 3.05) is 16.7 Å². The molecule has 0 spiro atoms. The third-order valence-corrected chi connectivity index (χ3v) is 7.31. The molecule has 0 aliphatic carbocycles. The minimum atomic E-state index is -4.27. The second-order valence-electron chi connectivity index (χ2n) is 6.90. The number of esters is 1. The summed E-state index contributed by atoms with van der Waals surface area (Å²) in [6, 6.07) is 7.71. The highest BCUT2D eigenvalue weighted by Crippen LogP contribution is 2.37. The Labute approximate surface area is 167 Å². The molecule has 1 amide bonds. The normalized spacial score (nSPS) is 15.1. The summed E-state index contributed by atoms with van der Waals surface area (Å²) in [7, 11) is -3.24. The van der Waals surface area contributed by atoms with Crippen LogP contribution in [0, 0.1) is 0 Å². The van der Waals surface area contributed by atoms with Crippen molar-refractivity contribution in [3.05, 3.63) is 47.4 Å². The molecular formula is C19H20N2O5S2. The van der Waals surface area contributed by atoms with E-state index in [2.05, 4.69) is 10.1 Å². The van der Waals surface area contributed by atoms with Crippen molar-refractivity contribution in [3.8, 4) is 0 Å². The van der Waals surface area contributed by atoms with Crippen LogP contribution in [0.25, 0.3) is 5.57 Å². The lowest BCUT2D eigenvalue weighted by Crippen LogP contribution is -2.41. The highest BCUT2D eigenvalue weighted by molar-refractivity contribution is 7.95. The van der Waals surface area contributed by atoms with Crippen molar-refractivity contribution in [1.29, 1.82) is 0 Å². The molecule has 28 heavy (non-hydrogen) atoms. The fourth-order valence-electron chi connectivity index (χ4n) is 3.13. The number of ether oxygens (including phenoxy) is 1. The first-order valence-electron chi connectivity index (χ1n) is 8.40. The second-order valence-corrected chi connectivity index (χ2v) is 9.86. The van der Waals surface area contributed by atoms with Crippen LogP contribution < -0.4 is 9.62 Å². The molecular weight excluding hydrogens is 400 g/mol. The molecule has 7 nitrogen and oxygen atoms in total. The first-order valence-corrected chi connectivity index (χ1v) is 10.7. The summed E-state index contributed by atoms with van der Waals surface area (Å²) in [4.78, 5) is 24.5. The zero-order chi connectivity index (χ0) is 20.7. The van der Waals surface area contributed by atoms with Crippen molar-refractivity contribution in [2.24, 2.45) is 0 Å². The van der Waals surface area contributed by atoms with E-state index in [-0.39, 0.29) is 15.4 Å². The molecule has 0 saturated carbocycles.